The maximum absolute atomic E-state index is 9.98. The summed E-state index contributed by atoms with van der Waals surface area (Å²) in [7, 11) is 0. The monoisotopic (exact) mass is 484 g/mol. The van der Waals surface area contributed by atoms with Crippen LogP contribution in [0.5, 0.6) is 0 Å². The van der Waals surface area contributed by atoms with Gasteiger partial charge in [-0.2, -0.15) is 0 Å². The van der Waals surface area contributed by atoms with E-state index >= 15 is 0 Å². The molecule has 1 heterocycles. The molecule has 0 spiro atoms. The summed E-state index contributed by atoms with van der Waals surface area (Å²) in [5, 5.41) is 12.5. The van der Waals surface area contributed by atoms with Crippen molar-refractivity contribution in [2.45, 2.75) is 53.6 Å². The number of allylic oxidation sites excluding steroid dienone is 2. The van der Waals surface area contributed by atoms with Crippen molar-refractivity contribution in [2.24, 2.45) is 10.9 Å². The van der Waals surface area contributed by atoms with Crippen molar-refractivity contribution in [1.82, 2.24) is 4.90 Å². The Hall–Kier alpha value is -1.96. The predicted octanol–water partition coefficient (Wildman–Crippen LogP) is 3.97. The molecule has 4 nitrogen and oxygen atoms in total. The molecule has 2 aromatic carbocycles. The second-order valence-electron chi connectivity index (χ2n) is 7.82. The number of carbonyl (C=O) groups is 1. The van der Waals surface area contributed by atoms with Crippen LogP contribution in [0.2, 0.25) is 0 Å². The van der Waals surface area contributed by atoms with E-state index in [1.165, 1.54) is 24.6 Å². The summed E-state index contributed by atoms with van der Waals surface area (Å²) >= 11 is 0. The summed E-state index contributed by atoms with van der Waals surface area (Å²) in [6.45, 7) is 12.7. The van der Waals surface area contributed by atoms with Gasteiger partial charge in [0.25, 0.3) is 0 Å². The topological polar surface area (TPSA) is 55.7 Å². The van der Waals surface area contributed by atoms with E-state index in [1.807, 2.05) is 6.07 Å². The number of carbonyl (C=O) groups excluding carboxylic acids is 1. The van der Waals surface area contributed by atoms with E-state index in [4.69, 9.17) is 4.99 Å². The van der Waals surface area contributed by atoms with Gasteiger partial charge in [-0.15, -0.1) is 34.9 Å². The Morgan fingerprint density at radius 3 is 2.38 bits per heavy atom. The van der Waals surface area contributed by atoms with E-state index in [9.17, 15) is 9.90 Å². The number of rotatable bonds is 4. The van der Waals surface area contributed by atoms with E-state index in [1.54, 1.807) is 0 Å². The van der Waals surface area contributed by atoms with Crippen molar-refractivity contribution in [2.75, 3.05) is 6.54 Å². The Morgan fingerprint density at radius 1 is 1.21 bits per heavy atom. The average Bonchev–Trinajstić information content (AvgIpc) is 3.06. The number of hydrogen-bond acceptors (Lipinski definition) is 4. The fraction of sp³-hybridized carbons (Fsp3) is 0.417. The molecular weight excluding hydrogens is 455 g/mol. The summed E-state index contributed by atoms with van der Waals surface area (Å²) in [6, 6.07) is 16.9. The Bertz CT molecular complexity index is 878. The maximum atomic E-state index is 9.98. The molecule has 1 atom stereocenters. The molecule has 2 aromatic rings. The number of hydrogen-bond donors (Lipinski definition) is 0. The van der Waals surface area contributed by atoms with Crippen LogP contribution in [0.15, 0.2) is 53.2 Å². The Balaban J connectivity index is 0.000000456. The Morgan fingerprint density at radius 2 is 1.86 bits per heavy atom. The molecule has 1 aliphatic rings. The van der Waals surface area contributed by atoms with E-state index in [-0.39, 0.29) is 32.0 Å². The Kier molecular flexibility index (Phi) is 9.76. The smallest absolute Gasteiger partial charge is 0.876 e. The number of aliphatic imine (C=N–C) groups is 1. The van der Waals surface area contributed by atoms with Gasteiger partial charge in [-0.05, 0) is 32.8 Å². The minimum absolute atomic E-state index is 0. The van der Waals surface area contributed by atoms with Crippen molar-refractivity contribution in [3.63, 3.8) is 0 Å². The van der Waals surface area contributed by atoms with E-state index in [0.29, 0.717) is 18.0 Å². The van der Waals surface area contributed by atoms with Gasteiger partial charge in [0.2, 0.25) is 0 Å². The van der Waals surface area contributed by atoms with Crippen molar-refractivity contribution in [3.8, 4) is 0 Å². The fourth-order valence-corrected chi connectivity index (χ4v) is 3.22. The standard InChI is InChI=1S/C19H23N2.C5H8O2.Pd/c1-13(2)18-12-21(14(3)4)19(20-18)17-11-7-9-15-8-5-6-10-16(15)17;1-4(6)3-5(2)7;/h5-10,13-14,18H,12H2,1-4H3;3,6H,1-2H3;/q-1;;+2/p-1/b;4-3-;/t18-;;/m1../s1. The summed E-state index contributed by atoms with van der Waals surface area (Å²) in [5.41, 5.74) is 1.14. The SMILES string of the molecule is CC(=O)/C=C(/C)[O-].CC(C)[C@H]1CN(C(C)C)C(c2[c-]ccc3ccccc23)=N1.[Pd+2]. The van der Waals surface area contributed by atoms with Crippen LogP contribution in [0.4, 0.5) is 0 Å². The van der Waals surface area contributed by atoms with Gasteiger partial charge in [0.05, 0.1) is 6.04 Å². The van der Waals surface area contributed by atoms with Crippen molar-refractivity contribution < 1.29 is 30.3 Å². The maximum Gasteiger partial charge on any atom is 2.00 e. The number of fused-ring (bicyclic) bond motifs is 1. The van der Waals surface area contributed by atoms with Crippen LogP contribution in [0.3, 0.4) is 0 Å². The second-order valence-corrected chi connectivity index (χ2v) is 7.82. The molecule has 0 aromatic heterocycles. The zero-order valence-corrected chi connectivity index (χ0v) is 19.6. The Labute approximate surface area is 188 Å². The van der Waals surface area contributed by atoms with E-state index < -0.39 is 0 Å². The van der Waals surface area contributed by atoms with Gasteiger partial charge >= 0.3 is 20.4 Å². The zero-order chi connectivity index (χ0) is 20.8. The number of ketones is 1. The molecular formula is C24H30N2O2Pd. The molecule has 0 N–H and O–H groups in total. The number of benzene rings is 2. The van der Waals surface area contributed by atoms with Gasteiger partial charge in [-0.1, -0.05) is 50.4 Å². The molecule has 0 aliphatic carbocycles. The van der Waals surface area contributed by atoms with Crippen molar-refractivity contribution >= 4 is 22.4 Å². The third-order valence-electron chi connectivity index (χ3n) is 4.69. The molecule has 5 heteroatoms. The largest absolute Gasteiger partial charge is 2.00 e. The van der Waals surface area contributed by atoms with Gasteiger partial charge in [0.1, 0.15) is 0 Å². The number of nitrogens with zero attached hydrogens (tertiary/aromatic N) is 2. The van der Waals surface area contributed by atoms with Gasteiger partial charge in [0.15, 0.2) is 5.78 Å². The number of amidine groups is 1. The minimum atomic E-state index is -0.187. The molecule has 0 bridgehead atoms. The predicted molar refractivity (Wildman–Crippen MR) is 114 cm³/mol. The van der Waals surface area contributed by atoms with Gasteiger partial charge < -0.3 is 15.0 Å². The minimum Gasteiger partial charge on any atom is -0.876 e. The molecule has 158 valence electrons. The summed E-state index contributed by atoms with van der Waals surface area (Å²) in [5.74, 6) is 1.30. The van der Waals surface area contributed by atoms with Crippen molar-refractivity contribution in [1.29, 1.82) is 0 Å². The second kappa shape index (κ2) is 11.3. The van der Waals surface area contributed by atoms with Gasteiger partial charge in [-0.25, -0.2) is 0 Å². The molecule has 0 amide bonds. The normalized spacial score (nSPS) is 16.4. The summed E-state index contributed by atoms with van der Waals surface area (Å²) in [6.07, 6.45) is 1.06. The summed E-state index contributed by atoms with van der Waals surface area (Å²) in [4.78, 5) is 17.4. The van der Waals surface area contributed by atoms with E-state index in [2.05, 4.69) is 69.0 Å². The van der Waals surface area contributed by atoms with Crippen LogP contribution < -0.4 is 5.11 Å². The average molecular weight is 485 g/mol. The molecule has 0 saturated carbocycles. The molecule has 0 fully saturated rings. The molecule has 3 rings (SSSR count). The molecule has 0 unspecified atom stereocenters. The van der Waals surface area contributed by atoms with Crippen LogP contribution in [-0.2, 0) is 25.2 Å². The van der Waals surface area contributed by atoms with Gasteiger partial charge in [-0.3, -0.25) is 4.79 Å². The van der Waals surface area contributed by atoms with E-state index in [0.717, 1.165) is 24.0 Å². The van der Waals surface area contributed by atoms with Crippen molar-refractivity contribution in [3.05, 3.63) is 59.9 Å². The molecule has 1 aliphatic heterocycles. The third kappa shape index (κ3) is 6.80. The first kappa shape index (κ1) is 25.1. The molecule has 29 heavy (non-hydrogen) atoms. The first-order valence-electron chi connectivity index (χ1n) is 9.80. The first-order chi connectivity index (χ1) is 13.2. The van der Waals surface area contributed by atoms with Crippen LogP contribution in [0.25, 0.3) is 10.8 Å². The quantitative estimate of drug-likeness (QED) is 0.285. The fourth-order valence-electron chi connectivity index (χ4n) is 3.22. The van der Waals surface area contributed by atoms with Crippen LogP contribution >= 0.6 is 0 Å². The van der Waals surface area contributed by atoms with Crippen LogP contribution in [0, 0.1) is 12.0 Å². The first-order valence-corrected chi connectivity index (χ1v) is 9.80. The van der Waals surface area contributed by atoms with Crippen LogP contribution in [0.1, 0.15) is 47.1 Å². The third-order valence-corrected chi connectivity index (χ3v) is 4.69. The zero-order valence-electron chi connectivity index (χ0n) is 18.0. The molecule has 0 radical (unpaired) electrons. The summed E-state index contributed by atoms with van der Waals surface area (Å²) < 4.78 is 0. The van der Waals surface area contributed by atoms with Gasteiger partial charge in [0, 0.05) is 18.4 Å². The van der Waals surface area contributed by atoms with Crippen LogP contribution in [-0.4, -0.2) is 35.1 Å². The molecule has 0 saturated heterocycles.